The minimum Gasteiger partial charge on any atom is -0.370 e. The monoisotopic (exact) mass is 338 g/mol. The number of halogens is 2. The van der Waals surface area contributed by atoms with E-state index in [-0.39, 0.29) is 5.69 Å². The van der Waals surface area contributed by atoms with Gasteiger partial charge in [-0.1, -0.05) is 35.3 Å². The molecule has 0 heterocycles. The van der Waals surface area contributed by atoms with Crippen LogP contribution in [0.1, 0.15) is 13.8 Å². The summed E-state index contributed by atoms with van der Waals surface area (Å²) in [5.74, 6) is 0. The lowest BCUT2D eigenvalue weighted by Crippen LogP contribution is -2.22. The zero-order chi connectivity index (χ0) is 16.3. The number of rotatable bonds is 5. The van der Waals surface area contributed by atoms with Crippen LogP contribution < -0.4 is 4.90 Å². The number of hydrogen-bond donors (Lipinski definition) is 0. The maximum Gasteiger partial charge on any atom is 0.277 e. The molecule has 6 heteroatoms. The third kappa shape index (κ3) is 3.18. The van der Waals surface area contributed by atoms with Gasteiger partial charge in [-0.15, -0.1) is 0 Å². The van der Waals surface area contributed by atoms with Crippen molar-refractivity contribution in [3.8, 4) is 11.1 Å². The fourth-order valence-corrected chi connectivity index (χ4v) is 3.17. The Bertz CT molecular complexity index is 677. The van der Waals surface area contributed by atoms with Crippen molar-refractivity contribution in [3.63, 3.8) is 0 Å². The summed E-state index contributed by atoms with van der Waals surface area (Å²) in [6, 6.07) is 10.00. The van der Waals surface area contributed by atoms with Gasteiger partial charge in [0.15, 0.2) is 0 Å². The first-order valence-electron chi connectivity index (χ1n) is 6.97. The Morgan fingerprint density at radius 2 is 1.64 bits per heavy atom. The van der Waals surface area contributed by atoms with Crippen LogP contribution in [0, 0.1) is 10.1 Å². The normalized spacial score (nSPS) is 10.5. The van der Waals surface area contributed by atoms with E-state index in [1.165, 1.54) is 6.07 Å². The molecule has 116 valence electrons. The minimum absolute atomic E-state index is 0.0326. The highest BCUT2D eigenvalue weighted by Crippen LogP contribution is 2.40. The first-order chi connectivity index (χ1) is 10.5. The van der Waals surface area contributed by atoms with E-state index in [0.717, 1.165) is 18.8 Å². The lowest BCUT2D eigenvalue weighted by atomic mass is 10.0. The standard InChI is InChI=1S/C16H16Cl2N2O2/c1-3-19(4-2)16-13(17)9-11(10-14(16)18)12-7-5-6-8-15(12)20(21)22/h5-10H,3-4H2,1-2H3. The Hall–Kier alpha value is -1.78. The smallest absolute Gasteiger partial charge is 0.277 e. The van der Waals surface area contributed by atoms with Crippen molar-refractivity contribution in [1.82, 2.24) is 0 Å². The average Bonchev–Trinajstić information content (AvgIpc) is 2.50. The minimum atomic E-state index is -0.407. The quantitative estimate of drug-likeness (QED) is 0.540. The van der Waals surface area contributed by atoms with E-state index in [9.17, 15) is 10.1 Å². The predicted octanol–water partition coefficient (Wildman–Crippen LogP) is 5.41. The predicted molar refractivity (Wildman–Crippen MR) is 92.1 cm³/mol. The Kier molecular flexibility index (Phi) is 5.27. The summed E-state index contributed by atoms with van der Waals surface area (Å²) < 4.78 is 0. The van der Waals surface area contributed by atoms with Crippen molar-refractivity contribution in [2.75, 3.05) is 18.0 Å². The van der Waals surface area contributed by atoms with Crippen molar-refractivity contribution in [1.29, 1.82) is 0 Å². The molecule has 2 rings (SSSR count). The van der Waals surface area contributed by atoms with Gasteiger partial charge in [0.25, 0.3) is 5.69 Å². The van der Waals surface area contributed by atoms with Gasteiger partial charge in [0.05, 0.1) is 26.2 Å². The molecule has 0 saturated carbocycles. The second kappa shape index (κ2) is 6.99. The van der Waals surface area contributed by atoms with E-state index in [4.69, 9.17) is 23.2 Å². The molecule has 0 saturated heterocycles. The van der Waals surface area contributed by atoms with Crippen LogP contribution >= 0.6 is 23.2 Å². The van der Waals surface area contributed by atoms with Crippen molar-refractivity contribution >= 4 is 34.6 Å². The van der Waals surface area contributed by atoms with E-state index in [0.29, 0.717) is 21.2 Å². The van der Waals surface area contributed by atoms with Gasteiger partial charge in [0, 0.05) is 19.2 Å². The summed E-state index contributed by atoms with van der Waals surface area (Å²) >= 11 is 12.7. The first kappa shape index (κ1) is 16.6. The summed E-state index contributed by atoms with van der Waals surface area (Å²) in [6.45, 7) is 5.60. The molecule has 2 aromatic rings. The Morgan fingerprint density at radius 3 is 2.14 bits per heavy atom. The third-order valence-electron chi connectivity index (χ3n) is 3.51. The molecule has 0 N–H and O–H groups in total. The maximum absolute atomic E-state index is 11.2. The fourth-order valence-electron chi connectivity index (χ4n) is 2.44. The van der Waals surface area contributed by atoms with Crippen LogP contribution in [0.3, 0.4) is 0 Å². The van der Waals surface area contributed by atoms with E-state index >= 15 is 0 Å². The van der Waals surface area contributed by atoms with Gasteiger partial charge < -0.3 is 4.90 Å². The fraction of sp³-hybridized carbons (Fsp3) is 0.250. The summed E-state index contributed by atoms with van der Waals surface area (Å²) in [5, 5.41) is 12.1. The van der Waals surface area contributed by atoms with Gasteiger partial charge >= 0.3 is 0 Å². The van der Waals surface area contributed by atoms with E-state index in [1.54, 1.807) is 30.3 Å². The molecule has 0 unspecified atom stereocenters. The van der Waals surface area contributed by atoms with Crippen LogP contribution in [0.15, 0.2) is 36.4 Å². The molecule has 2 aromatic carbocycles. The van der Waals surface area contributed by atoms with E-state index in [1.807, 2.05) is 18.7 Å². The number of anilines is 1. The van der Waals surface area contributed by atoms with Crippen LogP contribution in [0.25, 0.3) is 11.1 Å². The molecule has 0 aliphatic rings. The number of nitrogens with zero attached hydrogens (tertiary/aromatic N) is 2. The molecule has 0 fully saturated rings. The molecule has 0 spiro atoms. The van der Waals surface area contributed by atoms with Gasteiger partial charge in [-0.25, -0.2) is 0 Å². The summed E-state index contributed by atoms with van der Waals surface area (Å²) in [4.78, 5) is 12.8. The van der Waals surface area contributed by atoms with E-state index < -0.39 is 4.92 Å². The number of nitro benzene ring substituents is 1. The van der Waals surface area contributed by atoms with Gasteiger partial charge in [-0.2, -0.15) is 0 Å². The first-order valence-corrected chi connectivity index (χ1v) is 7.72. The lowest BCUT2D eigenvalue weighted by molar-refractivity contribution is -0.384. The van der Waals surface area contributed by atoms with Gasteiger partial charge in [-0.05, 0) is 37.6 Å². The number of nitro groups is 1. The summed E-state index contributed by atoms with van der Waals surface area (Å²) in [7, 11) is 0. The summed E-state index contributed by atoms with van der Waals surface area (Å²) in [6.07, 6.45) is 0. The van der Waals surface area contributed by atoms with Crippen LogP contribution in [-0.4, -0.2) is 18.0 Å². The van der Waals surface area contributed by atoms with Crippen LogP contribution in [0.4, 0.5) is 11.4 Å². The van der Waals surface area contributed by atoms with Crippen molar-refractivity contribution in [2.24, 2.45) is 0 Å². The molecule has 0 atom stereocenters. The zero-order valence-electron chi connectivity index (χ0n) is 12.3. The lowest BCUT2D eigenvalue weighted by Gasteiger charge is -2.24. The second-order valence-electron chi connectivity index (χ2n) is 4.74. The largest absolute Gasteiger partial charge is 0.370 e. The van der Waals surface area contributed by atoms with Crippen LogP contribution in [0.5, 0.6) is 0 Å². The molecule has 0 aromatic heterocycles. The summed E-state index contributed by atoms with van der Waals surface area (Å²) in [5.41, 5.74) is 1.93. The highest BCUT2D eigenvalue weighted by atomic mass is 35.5. The number of hydrogen-bond acceptors (Lipinski definition) is 3. The molecular weight excluding hydrogens is 323 g/mol. The van der Waals surface area contributed by atoms with Gasteiger partial charge in [-0.3, -0.25) is 10.1 Å². The molecule has 0 bridgehead atoms. The topological polar surface area (TPSA) is 46.4 Å². The van der Waals surface area contributed by atoms with Crippen molar-refractivity contribution in [3.05, 3.63) is 56.6 Å². The third-order valence-corrected chi connectivity index (χ3v) is 4.08. The number of benzene rings is 2. The van der Waals surface area contributed by atoms with E-state index in [2.05, 4.69) is 0 Å². The van der Waals surface area contributed by atoms with Gasteiger partial charge in [0.1, 0.15) is 0 Å². The Balaban J connectivity index is 2.59. The molecule has 0 radical (unpaired) electrons. The molecular formula is C16H16Cl2N2O2. The number of para-hydroxylation sites is 1. The Morgan fingerprint density at radius 1 is 1.09 bits per heavy atom. The molecule has 0 amide bonds. The molecule has 4 nitrogen and oxygen atoms in total. The Labute approximate surface area is 139 Å². The molecule has 22 heavy (non-hydrogen) atoms. The molecule has 0 aliphatic carbocycles. The second-order valence-corrected chi connectivity index (χ2v) is 5.55. The van der Waals surface area contributed by atoms with Crippen LogP contribution in [-0.2, 0) is 0 Å². The SMILES string of the molecule is CCN(CC)c1c(Cl)cc(-c2ccccc2[N+](=O)[O-])cc1Cl. The molecule has 0 aliphatic heterocycles. The highest BCUT2D eigenvalue weighted by Gasteiger charge is 2.18. The van der Waals surface area contributed by atoms with Crippen LogP contribution in [0.2, 0.25) is 10.0 Å². The maximum atomic E-state index is 11.2. The zero-order valence-corrected chi connectivity index (χ0v) is 13.9. The van der Waals surface area contributed by atoms with Crippen molar-refractivity contribution in [2.45, 2.75) is 13.8 Å². The van der Waals surface area contributed by atoms with Gasteiger partial charge in [0.2, 0.25) is 0 Å². The average molecular weight is 339 g/mol. The van der Waals surface area contributed by atoms with Crippen molar-refractivity contribution < 1.29 is 4.92 Å². The highest BCUT2D eigenvalue weighted by molar-refractivity contribution is 6.39.